The first-order valence-corrected chi connectivity index (χ1v) is 13.8. The molecule has 0 saturated heterocycles. The molecule has 0 aliphatic carbocycles. The number of hydrogen-bond acceptors (Lipinski definition) is 3. The quantitative estimate of drug-likeness (QED) is 0.138. The topological polar surface area (TPSA) is 63.6 Å². The normalized spacial score (nSPS) is 12.5. The Labute approximate surface area is 200 Å². The molecule has 0 aliphatic heterocycles. The molecule has 192 valence electrons. The molecule has 0 bridgehead atoms. The highest BCUT2D eigenvalue weighted by Gasteiger charge is 2.10. The number of ether oxygens (including phenoxy) is 1. The molecule has 2 atom stereocenters. The second-order valence-corrected chi connectivity index (χ2v) is 9.43. The first kappa shape index (κ1) is 33.1. The number of carbonyl (C=O) groups excluding carboxylic acids is 1. The number of unbranched alkanes of at least 4 members (excludes halogenated alkanes) is 15. The summed E-state index contributed by atoms with van der Waals surface area (Å²) in [5.74, 6) is -0.855. The fourth-order valence-corrected chi connectivity index (χ4v) is 3.31. The molecule has 1 N–H and O–H groups in total. The summed E-state index contributed by atoms with van der Waals surface area (Å²) >= 11 is 0. The summed E-state index contributed by atoms with van der Waals surface area (Å²) in [5.41, 5.74) is 0. The fourth-order valence-electron chi connectivity index (χ4n) is 3.31. The first-order valence-electron chi connectivity index (χ1n) is 13.8. The van der Waals surface area contributed by atoms with Crippen LogP contribution in [0.3, 0.4) is 0 Å². The summed E-state index contributed by atoms with van der Waals surface area (Å²) < 4.78 is 5.27. The Hall–Kier alpha value is -1.06. The van der Waals surface area contributed by atoms with Gasteiger partial charge in [-0.2, -0.15) is 0 Å². The summed E-state index contributed by atoms with van der Waals surface area (Å²) in [7, 11) is 0. The van der Waals surface area contributed by atoms with Crippen LogP contribution in [0.2, 0.25) is 0 Å². The van der Waals surface area contributed by atoms with Crippen molar-refractivity contribution >= 4 is 11.9 Å². The van der Waals surface area contributed by atoms with E-state index < -0.39 is 5.97 Å². The average Bonchev–Trinajstić information content (AvgIpc) is 2.80. The lowest BCUT2D eigenvalue weighted by Crippen LogP contribution is -2.14. The molecule has 2 unspecified atom stereocenters. The minimum absolute atomic E-state index is 0.0246. The molecular weight excluding hydrogens is 400 g/mol. The van der Waals surface area contributed by atoms with Gasteiger partial charge < -0.3 is 9.84 Å². The number of rotatable bonds is 21. The van der Waals surface area contributed by atoms with Gasteiger partial charge >= 0.3 is 11.9 Å². The summed E-state index contributed by atoms with van der Waals surface area (Å²) in [6.07, 6.45) is 23.5. The zero-order valence-corrected chi connectivity index (χ0v) is 22.3. The maximum Gasteiger partial charge on any atom is 0.308 e. The highest BCUT2D eigenvalue weighted by Crippen LogP contribution is 2.14. The zero-order chi connectivity index (χ0) is 24.5. The van der Waals surface area contributed by atoms with E-state index in [4.69, 9.17) is 9.84 Å². The van der Waals surface area contributed by atoms with Crippen molar-refractivity contribution in [1.29, 1.82) is 0 Å². The van der Waals surface area contributed by atoms with Gasteiger partial charge in [-0.05, 0) is 19.3 Å². The van der Waals surface area contributed by atoms with Crippen LogP contribution in [-0.4, -0.2) is 23.7 Å². The van der Waals surface area contributed by atoms with Crippen molar-refractivity contribution in [3.63, 3.8) is 0 Å². The van der Waals surface area contributed by atoms with Crippen LogP contribution in [0.15, 0.2) is 0 Å². The van der Waals surface area contributed by atoms with E-state index >= 15 is 0 Å². The van der Waals surface area contributed by atoms with Gasteiger partial charge in [0.05, 0.1) is 18.4 Å². The molecule has 0 saturated carbocycles. The summed E-state index contributed by atoms with van der Waals surface area (Å²) in [5, 5.41) is 8.18. The van der Waals surface area contributed by atoms with Crippen LogP contribution in [0.5, 0.6) is 0 Å². The number of carboxylic acids is 1. The van der Waals surface area contributed by atoms with E-state index in [2.05, 4.69) is 6.92 Å². The predicted molar refractivity (Wildman–Crippen MR) is 137 cm³/mol. The maximum atomic E-state index is 11.5. The van der Waals surface area contributed by atoms with Gasteiger partial charge in [0, 0.05) is 0 Å². The largest absolute Gasteiger partial charge is 0.481 e. The third-order valence-corrected chi connectivity index (χ3v) is 6.29. The van der Waals surface area contributed by atoms with Crippen molar-refractivity contribution in [2.75, 3.05) is 6.61 Å². The van der Waals surface area contributed by atoms with Gasteiger partial charge in [0.1, 0.15) is 0 Å². The van der Waals surface area contributed by atoms with Crippen molar-refractivity contribution in [2.45, 2.75) is 150 Å². The van der Waals surface area contributed by atoms with Crippen molar-refractivity contribution < 1.29 is 19.4 Å². The number of carboxylic acid groups (broad SMARTS) is 1. The third kappa shape index (κ3) is 25.2. The minimum atomic E-state index is -0.706. The Morgan fingerprint density at radius 2 is 0.938 bits per heavy atom. The van der Waals surface area contributed by atoms with Crippen LogP contribution in [0, 0.1) is 11.8 Å². The van der Waals surface area contributed by atoms with Gasteiger partial charge in [0.25, 0.3) is 0 Å². The molecular formula is C28H56O4. The first-order chi connectivity index (χ1) is 15.4. The second kappa shape index (κ2) is 26.2. The van der Waals surface area contributed by atoms with E-state index in [0.29, 0.717) is 6.61 Å². The van der Waals surface area contributed by atoms with E-state index in [1.165, 1.54) is 96.3 Å². The van der Waals surface area contributed by atoms with Crippen molar-refractivity contribution in [3.8, 4) is 0 Å². The Balaban J connectivity index is 0. The van der Waals surface area contributed by atoms with Gasteiger partial charge in [-0.15, -0.1) is 0 Å². The van der Waals surface area contributed by atoms with Gasteiger partial charge in [0.2, 0.25) is 0 Å². The molecule has 0 radical (unpaired) electrons. The van der Waals surface area contributed by atoms with Crippen molar-refractivity contribution in [2.24, 2.45) is 11.8 Å². The molecule has 0 amide bonds. The molecule has 0 fully saturated rings. The third-order valence-electron chi connectivity index (χ3n) is 6.29. The average molecular weight is 457 g/mol. The lowest BCUT2D eigenvalue weighted by molar-refractivity contribution is -0.148. The molecule has 4 nitrogen and oxygen atoms in total. The van der Waals surface area contributed by atoms with Gasteiger partial charge in [-0.3, -0.25) is 9.59 Å². The fraction of sp³-hybridized carbons (Fsp3) is 0.929. The van der Waals surface area contributed by atoms with Crippen LogP contribution in [0.25, 0.3) is 0 Å². The van der Waals surface area contributed by atoms with Crippen molar-refractivity contribution in [3.05, 3.63) is 0 Å². The molecule has 32 heavy (non-hydrogen) atoms. The van der Waals surface area contributed by atoms with Gasteiger partial charge in [-0.1, -0.05) is 131 Å². The maximum absolute atomic E-state index is 11.5. The number of aliphatic carboxylic acids is 1. The van der Waals surface area contributed by atoms with Crippen LogP contribution in [0.1, 0.15) is 150 Å². The highest BCUT2D eigenvalue weighted by molar-refractivity contribution is 5.71. The van der Waals surface area contributed by atoms with E-state index in [-0.39, 0.29) is 17.8 Å². The van der Waals surface area contributed by atoms with E-state index in [9.17, 15) is 9.59 Å². The van der Waals surface area contributed by atoms with Gasteiger partial charge in [-0.25, -0.2) is 0 Å². The number of hydrogen-bond donors (Lipinski definition) is 1. The Morgan fingerprint density at radius 1 is 0.594 bits per heavy atom. The molecule has 4 heteroatoms. The predicted octanol–water partition coefficient (Wildman–Crippen LogP) is 8.95. The second-order valence-electron chi connectivity index (χ2n) is 9.43. The van der Waals surface area contributed by atoms with Crippen LogP contribution in [0.4, 0.5) is 0 Å². The zero-order valence-electron chi connectivity index (χ0n) is 22.3. The molecule has 0 aromatic heterocycles. The molecule has 0 spiro atoms. The van der Waals surface area contributed by atoms with Gasteiger partial charge in [0.15, 0.2) is 0 Å². The SMILES string of the molecule is CCC(C)C(=O)O.CCCCCCCCCCCCCCCCCCOC(=O)C(C)CC. The van der Waals surface area contributed by atoms with Crippen molar-refractivity contribution in [1.82, 2.24) is 0 Å². The summed E-state index contributed by atoms with van der Waals surface area (Å²) in [6, 6.07) is 0. The number of carbonyl (C=O) groups is 2. The molecule has 0 aromatic rings. The van der Waals surface area contributed by atoms with Crippen LogP contribution < -0.4 is 0 Å². The smallest absolute Gasteiger partial charge is 0.308 e. The van der Waals surface area contributed by atoms with Crippen LogP contribution >= 0.6 is 0 Å². The van der Waals surface area contributed by atoms with E-state index in [0.717, 1.165) is 19.3 Å². The summed E-state index contributed by atoms with van der Waals surface area (Å²) in [4.78, 5) is 21.4. The Kier molecular flexibility index (Phi) is 27.1. The molecule has 0 aliphatic rings. The number of esters is 1. The Morgan fingerprint density at radius 3 is 1.22 bits per heavy atom. The lowest BCUT2D eigenvalue weighted by atomic mass is 10.0. The molecule has 0 heterocycles. The highest BCUT2D eigenvalue weighted by atomic mass is 16.5. The van der Waals surface area contributed by atoms with E-state index in [1.54, 1.807) is 6.92 Å². The van der Waals surface area contributed by atoms with E-state index in [1.807, 2.05) is 20.8 Å². The monoisotopic (exact) mass is 456 g/mol. The lowest BCUT2D eigenvalue weighted by Gasteiger charge is -2.08. The molecule has 0 rings (SSSR count). The standard InChI is InChI=1S/C23H46O2.C5H10O2/c1-4-6-7-8-9-10-11-12-13-14-15-16-17-18-19-20-21-25-23(24)22(3)5-2;1-3-4(2)5(6)7/h22H,4-21H2,1-3H3;4H,3H2,1-2H3,(H,6,7). The minimum Gasteiger partial charge on any atom is -0.481 e. The van der Waals surface area contributed by atoms with Crippen LogP contribution in [-0.2, 0) is 14.3 Å². The Bertz CT molecular complexity index is 408. The molecule has 0 aromatic carbocycles. The summed E-state index contributed by atoms with van der Waals surface area (Å²) in [6.45, 7) is 10.4.